The van der Waals surface area contributed by atoms with Crippen LogP contribution in [0.2, 0.25) is 15.3 Å². The van der Waals surface area contributed by atoms with Gasteiger partial charge in [0, 0.05) is 20.3 Å². The Bertz CT molecular complexity index is 466. The van der Waals surface area contributed by atoms with Crippen LogP contribution in [-0.4, -0.2) is 4.98 Å². The van der Waals surface area contributed by atoms with Gasteiger partial charge in [0.1, 0.15) is 10.3 Å². The molecule has 0 amide bonds. The molecule has 0 spiro atoms. The summed E-state index contributed by atoms with van der Waals surface area (Å²) in [5.74, 6) is 0. The van der Waals surface area contributed by atoms with Gasteiger partial charge in [0.05, 0.1) is 0 Å². The first-order chi connectivity index (χ1) is 6.58. The largest absolute Gasteiger partial charge is 0.224 e. The van der Waals surface area contributed by atoms with Crippen molar-refractivity contribution in [1.29, 1.82) is 0 Å². The van der Waals surface area contributed by atoms with Gasteiger partial charge in [-0.25, -0.2) is 4.98 Å². The lowest BCUT2D eigenvalue weighted by Crippen LogP contribution is -1.82. The van der Waals surface area contributed by atoms with Gasteiger partial charge in [-0.05, 0) is 18.2 Å². The summed E-state index contributed by atoms with van der Waals surface area (Å²) in [5.41, 5.74) is 0. The normalized spacial score (nSPS) is 10.9. The van der Waals surface area contributed by atoms with Gasteiger partial charge < -0.3 is 0 Å². The highest BCUT2D eigenvalue weighted by atomic mass is 79.9. The van der Waals surface area contributed by atoms with E-state index in [1.54, 1.807) is 12.1 Å². The Morgan fingerprint density at radius 2 is 1.71 bits per heavy atom. The summed E-state index contributed by atoms with van der Waals surface area (Å²) < 4.78 is 0.862. The minimum atomic E-state index is 0.340. The second-order valence-corrected chi connectivity index (χ2v) is 4.79. The molecule has 0 saturated carbocycles. The van der Waals surface area contributed by atoms with Crippen molar-refractivity contribution >= 4 is 61.5 Å². The van der Waals surface area contributed by atoms with Crippen molar-refractivity contribution in [1.82, 2.24) is 4.98 Å². The molecule has 0 atom stereocenters. The predicted octanol–water partition coefficient (Wildman–Crippen LogP) is 4.96. The number of rotatable bonds is 0. The summed E-state index contributed by atoms with van der Waals surface area (Å²) in [6.45, 7) is 0. The molecular formula is C9H3BrCl3N. The van der Waals surface area contributed by atoms with Crippen molar-refractivity contribution < 1.29 is 0 Å². The number of halogens is 4. The van der Waals surface area contributed by atoms with Gasteiger partial charge in [0.2, 0.25) is 0 Å². The van der Waals surface area contributed by atoms with E-state index in [9.17, 15) is 0 Å². The fourth-order valence-electron chi connectivity index (χ4n) is 1.21. The molecule has 1 aromatic heterocycles. The molecule has 5 heteroatoms. The van der Waals surface area contributed by atoms with Crippen LogP contribution in [0.25, 0.3) is 10.8 Å². The summed E-state index contributed by atoms with van der Waals surface area (Å²) in [6.07, 6.45) is 0. The summed E-state index contributed by atoms with van der Waals surface area (Å²) in [5, 5.41) is 2.89. The van der Waals surface area contributed by atoms with Crippen LogP contribution in [0, 0.1) is 0 Å². The zero-order chi connectivity index (χ0) is 10.3. The number of pyridine rings is 1. The maximum atomic E-state index is 6.03. The zero-order valence-corrected chi connectivity index (χ0v) is 10.5. The fraction of sp³-hybridized carbons (Fsp3) is 0. The number of fused-ring (bicyclic) bond motifs is 1. The second-order valence-electron chi connectivity index (χ2n) is 2.72. The van der Waals surface area contributed by atoms with Gasteiger partial charge in [-0.3, -0.25) is 0 Å². The summed E-state index contributed by atoms with van der Waals surface area (Å²) in [4.78, 5) is 3.94. The number of aromatic nitrogens is 1. The van der Waals surface area contributed by atoms with E-state index in [1.807, 2.05) is 6.07 Å². The van der Waals surface area contributed by atoms with Crippen molar-refractivity contribution in [2.24, 2.45) is 0 Å². The third-order valence-electron chi connectivity index (χ3n) is 1.78. The molecule has 0 bridgehead atoms. The van der Waals surface area contributed by atoms with E-state index >= 15 is 0 Å². The van der Waals surface area contributed by atoms with Crippen LogP contribution in [-0.2, 0) is 0 Å². The molecule has 0 saturated heterocycles. The lowest BCUT2D eigenvalue weighted by atomic mass is 10.2. The first-order valence-corrected chi connectivity index (χ1v) is 5.61. The Kier molecular flexibility index (Phi) is 2.89. The average Bonchev–Trinajstić information content (AvgIpc) is 2.07. The lowest BCUT2D eigenvalue weighted by Gasteiger charge is -2.03. The van der Waals surface area contributed by atoms with E-state index < -0.39 is 0 Å². The monoisotopic (exact) mass is 309 g/mol. The quantitative estimate of drug-likeness (QED) is 0.627. The molecule has 14 heavy (non-hydrogen) atoms. The van der Waals surface area contributed by atoms with Crippen LogP contribution in [0.5, 0.6) is 0 Å². The molecule has 0 radical (unpaired) electrons. The molecule has 72 valence electrons. The lowest BCUT2D eigenvalue weighted by molar-refractivity contribution is 1.36. The molecule has 1 aromatic carbocycles. The maximum Gasteiger partial charge on any atom is 0.138 e. The third-order valence-corrected chi connectivity index (χ3v) is 3.04. The number of hydrogen-bond acceptors (Lipinski definition) is 1. The Balaban J connectivity index is 2.94. The van der Waals surface area contributed by atoms with Crippen molar-refractivity contribution in [2.75, 3.05) is 0 Å². The summed E-state index contributed by atoms with van der Waals surface area (Å²) in [6, 6.07) is 5.33. The first-order valence-electron chi connectivity index (χ1n) is 3.69. The second kappa shape index (κ2) is 3.86. The van der Waals surface area contributed by atoms with E-state index in [4.69, 9.17) is 34.8 Å². The maximum absolute atomic E-state index is 6.03. The molecule has 2 rings (SSSR count). The van der Waals surface area contributed by atoms with Crippen molar-refractivity contribution in [3.63, 3.8) is 0 Å². The van der Waals surface area contributed by atoms with Gasteiger partial charge in [-0.2, -0.15) is 0 Å². The van der Waals surface area contributed by atoms with Gasteiger partial charge in [-0.15, -0.1) is 0 Å². The van der Waals surface area contributed by atoms with E-state index in [-0.39, 0.29) is 0 Å². The van der Waals surface area contributed by atoms with Crippen molar-refractivity contribution in [2.45, 2.75) is 0 Å². The summed E-state index contributed by atoms with van der Waals surface area (Å²) in [7, 11) is 0. The van der Waals surface area contributed by atoms with Gasteiger partial charge in [0.15, 0.2) is 0 Å². The van der Waals surface area contributed by atoms with Gasteiger partial charge >= 0.3 is 0 Å². The smallest absolute Gasteiger partial charge is 0.138 e. The Morgan fingerprint density at radius 1 is 1.00 bits per heavy atom. The highest BCUT2D eigenvalue weighted by Gasteiger charge is 2.07. The van der Waals surface area contributed by atoms with E-state index in [1.165, 1.54) is 0 Å². The Hall–Kier alpha value is -0.0200. The Labute approximate surface area is 104 Å². The molecule has 0 aliphatic carbocycles. The number of benzene rings is 1. The Morgan fingerprint density at radius 3 is 2.43 bits per heavy atom. The minimum Gasteiger partial charge on any atom is -0.224 e. The van der Waals surface area contributed by atoms with E-state index in [0.29, 0.717) is 15.3 Å². The molecule has 1 nitrogen and oxygen atoms in total. The van der Waals surface area contributed by atoms with Crippen LogP contribution in [0.3, 0.4) is 0 Å². The number of nitrogens with zero attached hydrogens (tertiary/aromatic N) is 1. The van der Waals surface area contributed by atoms with Crippen LogP contribution in [0.15, 0.2) is 22.7 Å². The van der Waals surface area contributed by atoms with Crippen LogP contribution in [0.4, 0.5) is 0 Å². The molecule has 2 aromatic rings. The molecule has 0 fully saturated rings. The fourth-order valence-corrected chi connectivity index (χ4v) is 2.56. The third kappa shape index (κ3) is 1.84. The molecule has 0 unspecified atom stereocenters. The predicted molar refractivity (Wildman–Crippen MR) is 64.5 cm³/mol. The minimum absolute atomic E-state index is 0.340. The molecule has 0 aliphatic heterocycles. The summed E-state index contributed by atoms with van der Waals surface area (Å²) >= 11 is 21.1. The zero-order valence-electron chi connectivity index (χ0n) is 6.69. The van der Waals surface area contributed by atoms with Gasteiger partial charge in [0.25, 0.3) is 0 Å². The van der Waals surface area contributed by atoms with E-state index in [2.05, 4.69) is 20.9 Å². The van der Waals surface area contributed by atoms with Crippen LogP contribution < -0.4 is 0 Å². The molecule has 1 heterocycles. The van der Waals surface area contributed by atoms with Crippen LogP contribution in [0.1, 0.15) is 0 Å². The highest BCUT2D eigenvalue weighted by molar-refractivity contribution is 9.10. The van der Waals surface area contributed by atoms with Crippen molar-refractivity contribution in [3.05, 3.63) is 38.0 Å². The van der Waals surface area contributed by atoms with Gasteiger partial charge in [-0.1, -0.05) is 50.7 Å². The van der Waals surface area contributed by atoms with E-state index in [0.717, 1.165) is 15.2 Å². The van der Waals surface area contributed by atoms with Crippen LogP contribution >= 0.6 is 50.7 Å². The average molecular weight is 311 g/mol. The highest BCUT2D eigenvalue weighted by Crippen LogP contribution is 2.33. The SMILES string of the molecule is Clc1cc2c(Cl)cc(Br)cc2c(Cl)n1. The standard InChI is InChI=1S/C9H3BrCl3N/c10-4-1-6-5(7(11)2-4)3-8(12)14-9(6)13/h1-3H. The topological polar surface area (TPSA) is 12.9 Å². The number of hydrogen-bond donors (Lipinski definition) is 0. The van der Waals surface area contributed by atoms with Crippen molar-refractivity contribution in [3.8, 4) is 0 Å². The molecule has 0 N–H and O–H groups in total. The molecular weight excluding hydrogens is 308 g/mol. The first kappa shape index (κ1) is 10.5. The molecule has 0 aliphatic rings.